The maximum atomic E-state index is 12.4. The van der Waals surface area contributed by atoms with Gasteiger partial charge in [0.2, 0.25) is 11.8 Å². The fourth-order valence-electron chi connectivity index (χ4n) is 3.31. The molecule has 1 amide bonds. The lowest BCUT2D eigenvalue weighted by Crippen LogP contribution is -2.44. The topological polar surface area (TPSA) is 77.2 Å². The predicted molar refractivity (Wildman–Crippen MR) is 92.7 cm³/mol. The number of carbonyl (C=O) groups is 1. The lowest BCUT2D eigenvalue weighted by atomic mass is 9.96. The fraction of sp³-hybridized carbons (Fsp3) is 0.526. The van der Waals surface area contributed by atoms with Gasteiger partial charge in [0.15, 0.2) is 5.82 Å². The summed E-state index contributed by atoms with van der Waals surface area (Å²) in [5, 5.41) is 7.19. The molecule has 1 aromatic carbocycles. The summed E-state index contributed by atoms with van der Waals surface area (Å²) >= 11 is 0. The third kappa shape index (κ3) is 4.66. The molecule has 25 heavy (non-hydrogen) atoms. The SMILES string of the molecule is Cc1nc(C2(NC(=O)CCCOCc3ccccc3)CCCC2)no1. The van der Waals surface area contributed by atoms with Crippen LogP contribution in [0.4, 0.5) is 0 Å². The predicted octanol–water partition coefficient (Wildman–Crippen LogP) is 3.26. The summed E-state index contributed by atoms with van der Waals surface area (Å²) in [7, 11) is 0. The molecule has 1 N–H and O–H groups in total. The van der Waals surface area contributed by atoms with E-state index in [4.69, 9.17) is 9.26 Å². The number of rotatable bonds is 8. The second-order valence-corrected chi connectivity index (χ2v) is 6.62. The molecule has 0 radical (unpaired) electrons. The number of aryl methyl sites for hydroxylation is 1. The molecule has 1 fully saturated rings. The van der Waals surface area contributed by atoms with Crippen LogP contribution >= 0.6 is 0 Å². The highest BCUT2D eigenvalue weighted by atomic mass is 16.5. The van der Waals surface area contributed by atoms with E-state index in [1.54, 1.807) is 6.92 Å². The monoisotopic (exact) mass is 343 g/mol. The number of benzene rings is 1. The number of nitrogens with one attached hydrogen (secondary N) is 1. The summed E-state index contributed by atoms with van der Waals surface area (Å²) in [4.78, 5) is 16.7. The Morgan fingerprint density at radius 3 is 2.72 bits per heavy atom. The molecule has 1 aromatic heterocycles. The van der Waals surface area contributed by atoms with E-state index < -0.39 is 5.54 Å². The first-order valence-electron chi connectivity index (χ1n) is 8.91. The lowest BCUT2D eigenvalue weighted by molar-refractivity contribution is -0.123. The molecule has 6 nitrogen and oxygen atoms in total. The van der Waals surface area contributed by atoms with Gasteiger partial charge in [-0.05, 0) is 24.8 Å². The number of carbonyl (C=O) groups excluding carboxylic acids is 1. The second kappa shape index (κ2) is 8.25. The Morgan fingerprint density at radius 2 is 2.04 bits per heavy atom. The van der Waals surface area contributed by atoms with E-state index in [0.717, 1.165) is 31.2 Å². The fourth-order valence-corrected chi connectivity index (χ4v) is 3.31. The van der Waals surface area contributed by atoms with Gasteiger partial charge in [0.05, 0.1) is 6.61 Å². The Balaban J connectivity index is 1.43. The number of hydrogen-bond donors (Lipinski definition) is 1. The summed E-state index contributed by atoms with van der Waals surface area (Å²) in [6.07, 6.45) is 4.99. The summed E-state index contributed by atoms with van der Waals surface area (Å²) in [5.41, 5.74) is 0.684. The Hall–Kier alpha value is -2.21. The van der Waals surface area contributed by atoms with Crippen LogP contribution in [-0.4, -0.2) is 22.7 Å². The molecule has 1 saturated carbocycles. The number of amides is 1. The van der Waals surface area contributed by atoms with Crippen LogP contribution in [0.3, 0.4) is 0 Å². The first-order chi connectivity index (χ1) is 12.2. The van der Waals surface area contributed by atoms with Crippen molar-refractivity contribution in [2.75, 3.05) is 6.61 Å². The molecule has 1 aliphatic carbocycles. The van der Waals surface area contributed by atoms with Gasteiger partial charge < -0.3 is 14.6 Å². The van der Waals surface area contributed by atoms with Gasteiger partial charge in [0.1, 0.15) is 5.54 Å². The molecule has 0 bridgehead atoms. The Kier molecular flexibility index (Phi) is 5.81. The highest BCUT2D eigenvalue weighted by Gasteiger charge is 2.40. The molecule has 3 rings (SSSR count). The van der Waals surface area contributed by atoms with Crippen LogP contribution in [0.15, 0.2) is 34.9 Å². The molecule has 2 aromatic rings. The number of hydrogen-bond acceptors (Lipinski definition) is 5. The third-order valence-corrected chi connectivity index (χ3v) is 4.60. The van der Waals surface area contributed by atoms with Crippen LogP contribution in [0.1, 0.15) is 55.8 Å². The van der Waals surface area contributed by atoms with Gasteiger partial charge in [-0.25, -0.2) is 0 Å². The zero-order chi connectivity index (χ0) is 17.5. The Bertz CT molecular complexity index is 678. The Morgan fingerprint density at radius 1 is 1.28 bits per heavy atom. The average Bonchev–Trinajstić information content (AvgIpc) is 3.25. The van der Waals surface area contributed by atoms with Crippen molar-refractivity contribution in [3.63, 3.8) is 0 Å². The molecular formula is C19H25N3O3. The zero-order valence-corrected chi connectivity index (χ0v) is 14.7. The minimum absolute atomic E-state index is 0.0210. The van der Waals surface area contributed by atoms with E-state index >= 15 is 0 Å². The third-order valence-electron chi connectivity index (χ3n) is 4.60. The second-order valence-electron chi connectivity index (χ2n) is 6.62. The van der Waals surface area contributed by atoms with Crippen LogP contribution in [0.5, 0.6) is 0 Å². The average molecular weight is 343 g/mol. The number of aromatic nitrogens is 2. The van der Waals surface area contributed by atoms with Crippen LogP contribution in [0, 0.1) is 6.92 Å². The summed E-state index contributed by atoms with van der Waals surface area (Å²) in [5.74, 6) is 1.16. The van der Waals surface area contributed by atoms with Crippen molar-refractivity contribution in [3.05, 3.63) is 47.6 Å². The molecule has 0 saturated heterocycles. The van der Waals surface area contributed by atoms with E-state index in [0.29, 0.717) is 37.8 Å². The molecule has 0 atom stereocenters. The number of ether oxygens (including phenoxy) is 1. The molecular weight excluding hydrogens is 318 g/mol. The zero-order valence-electron chi connectivity index (χ0n) is 14.7. The van der Waals surface area contributed by atoms with Gasteiger partial charge in [-0.15, -0.1) is 0 Å². The van der Waals surface area contributed by atoms with E-state index in [9.17, 15) is 4.79 Å². The van der Waals surface area contributed by atoms with Crippen molar-refractivity contribution >= 4 is 5.91 Å². The molecule has 0 unspecified atom stereocenters. The van der Waals surface area contributed by atoms with Crippen molar-refractivity contribution < 1.29 is 14.1 Å². The molecule has 6 heteroatoms. The smallest absolute Gasteiger partial charge is 0.223 e. The largest absolute Gasteiger partial charge is 0.377 e. The van der Waals surface area contributed by atoms with Crippen molar-refractivity contribution in [1.29, 1.82) is 0 Å². The standard InChI is InChI=1S/C19H25N3O3/c1-15-20-18(22-25-15)19(11-5-6-12-19)21-17(23)10-7-13-24-14-16-8-3-2-4-9-16/h2-4,8-9H,5-7,10-14H2,1H3,(H,21,23). The van der Waals surface area contributed by atoms with Gasteiger partial charge in [0.25, 0.3) is 0 Å². The van der Waals surface area contributed by atoms with Crippen LogP contribution < -0.4 is 5.32 Å². The molecule has 0 aliphatic heterocycles. The first kappa shape index (κ1) is 17.6. The van der Waals surface area contributed by atoms with E-state index in [-0.39, 0.29) is 5.91 Å². The molecule has 1 aliphatic rings. The van der Waals surface area contributed by atoms with Gasteiger partial charge >= 0.3 is 0 Å². The van der Waals surface area contributed by atoms with Gasteiger partial charge in [-0.2, -0.15) is 4.98 Å². The highest BCUT2D eigenvalue weighted by molar-refractivity contribution is 5.76. The van der Waals surface area contributed by atoms with Crippen LogP contribution in [0.25, 0.3) is 0 Å². The number of nitrogens with zero attached hydrogens (tertiary/aromatic N) is 2. The summed E-state index contributed by atoms with van der Waals surface area (Å²) in [6, 6.07) is 10.0. The maximum Gasteiger partial charge on any atom is 0.223 e. The quantitative estimate of drug-likeness (QED) is 0.745. The lowest BCUT2D eigenvalue weighted by Gasteiger charge is -2.26. The van der Waals surface area contributed by atoms with E-state index in [1.807, 2.05) is 30.3 Å². The van der Waals surface area contributed by atoms with Crippen molar-refractivity contribution in [2.45, 2.75) is 57.6 Å². The van der Waals surface area contributed by atoms with E-state index in [1.165, 1.54) is 0 Å². The van der Waals surface area contributed by atoms with Gasteiger partial charge in [-0.3, -0.25) is 4.79 Å². The normalized spacial score (nSPS) is 16.0. The maximum absolute atomic E-state index is 12.4. The summed E-state index contributed by atoms with van der Waals surface area (Å²) in [6.45, 7) is 2.91. The highest BCUT2D eigenvalue weighted by Crippen LogP contribution is 2.37. The summed E-state index contributed by atoms with van der Waals surface area (Å²) < 4.78 is 10.7. The van der Waals surface area contributed by atoms with Crippen molar-refractivity contribution in [1.82, 2.24) is 15.5 Å². The minimum atomic E-state index is -0.459. The molecule has 1 heterocycles. The minimum Gasteiger partial charge on any atom is -0.377 e. The van der Waals surface area contributed by atoms with Gasteiger partial charge in [0, 0.05) is 20.0 Å². The van der Waals surface area contributed by atoms with Crippen LogP contribution in [0.2, 0.25) is 0 Å². The molecule has 134 valence electrons. The van der Waals surface area contributed by atoms with E-state index in [2.05, 4.69) is 15.5 Å². The molecule has 0 spiro atoms. The van der Waals surface area contributed by atoms with Crippen molar-refractivity contribution in [3.8, 4) is 0 Å². The van der Waals surface area contributed by atoms with Crippen molar-refractivity contribution in [2.24, 2.45) is 0 Å². The Labute approximate surface area is 148 Å². The van der Waals surface area contributed by atoms with Gasteiger partial charge in [-0.1, -0.05) is 48.3 Å². The van der Waals surface area contributed by atoms with Crippen LogP contribution in [-0.2, 0) is 21.7 Å². The first-order valence-corrected chi connectivity index (χ1v) is 8.91.